The Bertz CT molecular complexity index is 185. The third-order valence-corrected chi connectivity index (χ3v) is 2.52. The van der Waals surface area contributed by atoms with Crippen LogP contribution >= 0.6 is 0 Å². The van der Waals surface area contributed by atoms with E-state index in [0.717, 1.165) is 12.8 Å². The Balaban J connectivity index is 2.47. The molecule has 0 radical (unpaired) electrons. The van der Waals surface area contributed by atoms with Gasteiger partial charge in [-0.1, -0.05) is 6.92 Å². The minimum atomic E-state index is -0.729. The number of rotatable bonds is 3. The zero-order chi connectivity index (χ0) is 9.84. The van der Waals surface area contributed by atoms with Crippen LogP contribution in [0.1, 0.15) is 26.2 Å². The van der Waals surface area contributed by atoms with Crippen molar-refractivity contribution in [2.24, 2.45) is 5.92 Å². The predicted octanol–water partition coefficient (Wildman–Crippen LogP) is 1.40. The average molecular weight is 189 g/mol. The molecular weight excluding hydrogens is 174 g/mol. The van der Waals surface area contributed by atoms with Gasteiger partial charge in [0.2, 0.25) is 0 Å². The van der Waals surface area contributed by atoms with Gasteiger partial charge in [-0.15, -0.1) is 10.1 Å². The van der Waals surface area contributed by atoms with Crippen LogP contribution < -0.4 is 0 Å². The first-order valence-corrected chi connectivity index (χ1v) is 4.47. The Morgan fingerprint density at radius 3 is 2.62 bits per heavy atom. The Kier molecular flexibility index (Phi) is 3.48. The van der Waals surface area contributed by atoms with Gasteiger partial charge in [0, 0.05) is 7.11 Å². The van der Waals surface area contributed by atoms with Gasteiger partial charge in [-0.05, 0) is 25.2 Å². The fraction of sp³-hybridized carbons (Fsp3) is 1.00. The highest BCUT2D eigenvalue weighted by Gasteiger charge is 2.31. The molecule has 0 unspecified atom stereocenters. The van der Waals surface area contributed by atoms with E-state index in [4.69, 9.17) is 4.74 Å². The van der Waals surface area contributed by atoms with Crippen LogP contribution in [0.25, 0.3) is 0 Å². The maximum atomic E-state index is 10.1. The molecule has 0 aromatic rings. The normalized spacial score (nSPS) is 34.2. The van der Waals surface area contributed by atoms with E-state index in [1.807, 2.05) is 0 Å². The van der Waals surface area contributed by atoms with E-state index < -0.39 is 5.09 Å². The highest BCUT2D eigenvalue weighted by atomic mass is 17.0. The lowest BCUT2D eigenvalue weighted by atomic mass is 9.86. The summed E-state index contributed by atoms with van der Waals surface area (Å²) in [6, 6.07) is 0. The fourth-order valence-electron chi connectivity index (χ4n) is 1.78. The molecule has 1 aliphatic carbocycles. The van der Waals surface area contributed by atoms with Crippen LogP contribution in [0.5, 0.6) is 0 Å². The maximum Gasteiger partial charge on any atom is 0.294 e. The van der Waals surface area contributed by atoms with E-state index in [9.17, 15) is 10.1 Å². The van der Waals surface area contributed by atoms with Crippen molar-refractivity contribution >= 4 is 0 Å². The summed E-state index contributed by atoms with van der Waals surface area (Å²) >= 11 is 0. The van der Waals surface area contributed by atoms with Gasteiger partial charge in [0.1, 0.15) is 6.10 Å². The van der Waals surface area contributed by atoms with Crippen molar-refractivity contribution in [1.82, 2.24) is 0 Å². The number of methoxy groups -OCH3 is 1. The molecule has 3 atom stereocenters. The smallest absolute Gasteiger partial charge is 0.294 e. The SMILES string of the molecule is CO[C@@H]1C[C@@H](C)CC[C@H]1O[N+](=O)[O-]. The summed E-state index contributed by atoms with van der Waals surface area (Å²) in [5.74, 6) is 0.566. The summed E-state index contributed by atoms with van der Waals surface area (Å²) < 4.78 is 5.15. The largest absolute Gasteiger partial charge is 0.379 e. The van der Waals surface area contributed by atoms with Crippen molar-refractivity contribution in [2.45, 2.75) is 38.4 Å². The lowest BCUT2D eigenvalue weighted by Crippen LogP contribution is -2.37. The molecule has 0 heterocycles. The fourth-order valence-corrected chi connectivity index (χ4v) is 1.78. The summed E-state index contributed by atoms with van der Waals surface area (Å²) in [7, 11) is 1.57. The number of hydrogen-bond acceptors (Lipinski definition) is 4. The van der Waals surface area contributed by atoms with Crippen molar-refractivity contribution in [1.29, 1.82) is 0 Å². The maximum absolute atomic E-state index is 10.1. The zero-order valence-electron chi connectivity index (χ0n) is 7.93. The number of hydrogen-bond donors (Lipinski definition) is 0. The molecular formula is C8H15NO4. The van der Waals surface area contributed by atoms with Gasteiger partial charge in [-0.2, -0.15) is 0 Å². The molecule has 1 aliphatic rings. The minimum Gasteiger partial charge on any atom is -0.379 e. The van der Waals surface area contributed by atoms with Gasteiger partial charge >= 0.3 is 0 Å². The molecule has 1 fully saturated rings. The van der Waals surface area contributed by atoms with Crippen molar-refractivity contribution in [2.75, 3.05) is 7.11 Å². The molecule has 0 spiro atoms. The molecule has 0 aromatic carbocycles. The first-order chi connectivity index (χ1) is 6.13. The van der Waals surface area contributed by atoms with E-state index >= 15 is 0 Å². The van der Waals surface area contributed by atoms with Gasteiger partial charge in [-0.3, -0.25) is 0 Å². The monoisotopic (exact) mass is 189 g/mol. The summed E-state index contributed by atoms with van der Waals surface area (Å²) in [6.45, 7) is 2.12. The summed E-state index contributed by atoms with van der Waals surface area (Å²) in [4.78, 5) is 14.7. The molecule has 0 aromatic heterocycles. The van der Waals surface area contributed by atoms with E-state index in [1.54, 1.807) is 7.11 Å². The Morgan fingerprint density at radius 2 is 2.08 bits per heavy atom. The van der Waals surface area contributed by atoms with E-state index in [2.05, 4.69) is 11.8 Å². The molecule has 0 aliphatic heterocycles. The van der Waals surface area contributed by atoms with Gasteiger partial charge in [-0.25, -0.2) is 0 Å². The van der Waals surface area contributed by atoms with Crippen LogP contribution in [0.2, 0.25) is 0 Å². The third kappa shape index (κ3) is 2.84. The Labute approximate surface area is 77.1 Å². The summed E-state index contributed by atoms with van der Waals surface area (Å²) in [6.07, 6.45) is 2.01. The standard InChI is InChI=1S/C8H15NO4/c1-6-3-4-7(13-9(10)11)8(5-6)12-2/h6-8H,3-5H2,1-2H3/t6-,7+,8+/m0/s1. The van der Waals surface area contributed by atoms with Crippen LogP contribution in [0, 0.1) is 16.0 Å². The average Bonchev–Trinajstić information content (AvgIpc) is 2.07. The quantitative estimate of drug-likeness (QED) is 0.497. The predicted molar refractivity (Wildman–Crippen MR) is 45.7 cm³/mol. The number of ether oxygens (including phenoxy) is 1. The number of nitrogens with zero attached hydrogens (tertiary/aromatic N) is 1. The molecule has 13 heavy (non-hydrogen) atoms. The highest BCUT2D eigenvalue weighted by Crippen LogP contribution is 2.27. The van der Waals surface area contributed by atoms with Crippen molar-refractivity contribution in [3.05, 3.63) is 10.1 Å². The molecule has 5 heteroatoms. The second-order valence-electron chi connectivity index (χ2n) is 3.56. The second kappa shape index (κ2) is 4.41. The molecule has 0 amide bonds. The van der Waals surface area contributed by atoms with Gasteiger partial charge < -0.3 is 9.57 Å². The third-order valence-electron chi connectivity index (χ3n) is 2.52. The van der Waals surface area contributed by atoms with Crippen molar-refractivity contribution in [3.8, 4) is 0 Å². The molecule has 1 saturated carbocycles. The molecule has 1 rings (SSSR count). The van der Waals surface area contributed by atoms with E-state index in [1.165, 1.54) is 0 Å². The Hall–Kier alpha value is -0.840. The minimum absolute atomic E-state index is 0.130. The van der Waals surface area contributed by atoms with Crippen molar-refractivity contribution in [3.63, 3.8) is 0 Å². The van der Waals surface area contributed by atoms with Crippen LogP contribution in [0.4, 0.5) is 0 Å². The second-order valence-corrected chi connectivity index (χ2v) is 3.56. The lowest BCUT2D eigenvalue weighted by Gasteiger charge is -2.31. The van der Waals surface area contributed by atoms with Gasteiger partial charge in [0.25, 0.3) is 5.09 Å². The topological polar surface area (TPSA) is 61.6 Å². The van der Waals surface area contributed by atoms with Gasteiger partial charge in [0.15, 0.2) is 0 Å². The zero-order valence-corrected chi connectivity index (χ0v) is 7.93. The highest BCUT2D eigenvalue weighted by molar-refractivity contribution is 4.78. The molecule has 0 N–H and O–H groups in total. The molecule has 5 nitrogen and oxygen atoms in total. The first kappa shape index (κ1) is 10.2. The summed E-state index contributed by atoms with van der Waals surface area (Å²) in [5, 5.41) is 9.41. The molecule has 0 bridgehead atoms. The lowest BCUT2D eigenvalue weighted by molar-refractivity contribution is -0.771. The molecule has 76 valence electrons. The Morgan fingerprint density at radius 1 is 1.38 bits per heavy atom. The molecule has 0 saturated heterocycles. The van der Waals surface area contributed by atoms with Gasteiger partial charge in [0.05, 0.1) is 6.10 Å². The van der Waals surface area contributed by atoms with Crippen molar-refractivity contribution < 1.29 is 14.7 Å². The van der Waals surface area contributed by atoms with Crippen LogP contribution in [0.15, 0.2) is 0 Å². The van der Waals surface area contributed by atoms with E-state index in [0.29, 0.717) is 12.3 Å². The van der Waals surface area contributed by atoms with E-state index in [-0.39, 0.29) is 12.2 Å². The van der Waals surface area contributed by atoms with Crippen LogP contribution in [0.3, 0.4) is 0 Å². The van der Waals surface area contributed by atoms with Crippen LogP contribution in [-0.2, 0) is 9.57 Å². The first-order valence-electron chi connectivity index (χ1n) is 4.47. The van der Waals surface area contributed by atoms with Crippen LogP contribution in [-0.4, -0.2) is 24.4 Å². The summed E-state index contributed by atoms with van der Waals surface area (Å²) in [5.41, 5.74) is 0.